The molecule has 1 saturated heterocycles. The lowest BCUT2D eigenvalue weighted by Gasteiger charge is -2.42. The molecule has 1 aromatic rings. The largest absolute Gasteiger partial charge is 0.507 e. The van der Waals surface area contributed by atoms with Crippen molar-refractivity contribution in [3.63, 3.8) is 0 Å². The maximum Gasteiger partial charge on any atom is 0.163 e. The molecular weight excluding hydrogens is 278 g/mol. The highest BCUT2D eigenvalue weighted by molar-refractivity contribution is 6.31. The molecule has 0 radical (unpaired) electrons. The molecular formula is C15H20ClNO3. The molecule has 110 valence electrons. The van der Waals surface area contributed by atoms with Gasteiger partial charge in [-0.3, -0.25) is 9.69 Å². The van der Waals surface area contributed by atoms with E-state index in [4.69, 9.17) is 16.3 Å². The maximum absolute atomic E-state index is 11.5. The zero-order valence-electron chi connectivity index (χ0n) is 12.1. The summed E-state index contributed by atoms with van der Waals surface area (Å²) in [5.74, 6) is -0.156. The van der Waals surface area contributed by atoms with E-state index in [1.54, 1.807) is 6.07 Å². The fourth-order valence-electron chi connectivity index (χ4n) is 2.43. The summed E-state index contributed by atoms with van der Waals surface area (Å²) in [6, 6.07) is 3.22. The van der Waals surface area contributed by atoms with Crippen LogP contribution in [0.5, 0.6) is 5.75 Å². The van der Waals surface area contributed by atoms with Gasteiger partial charge in [0, 0.05) is 29.2 Å². The molecule has 5 heteroatoms. The van der Waals surface area contributed by atoms with Crippen molar-refractivity contribution in [2.75, 3.05) is 19.8 Å². The molecule has 1 fully saturated rings. The molecule has 1 heterocycles. The zero-order valence-corrected chi connectivity index (χ0v) is 12.8. The minimum absolute atomic E-state index is 0.0317. The average Bonchev–Trinajstić information content (AvgIpc) is 2.35. The summed E-state index contributed by atoms with van der Waals surface area (Å²) in [6.45, 7) is 8.27. The minimum atomic E-state index is -0.188. The zero-order chi connectivity index (χ0) is 14.9. The van der Waals surface area contributed by atoms with Gasteiger partial charge >= 0.3 is 0 Å². The van der Waals surface area contributed by atoms with E-state index in [0.717, 1.165) is 6.54 Å². The van der Waals surface area contributed by atoms with Crippen molar-refractivity contribution in [2.45, 2.75) is 32.9 Å². The van der Waals surface area contributed by atoms with Crippen LogP contribution in [-0.2, 0) is 11.3 Å². The fourth-order valence-corrected chi connectivity index (χ4v) is 2.67. The Morgan fingerprint density at radius 3 is 2.80 bits per heavy atom. The lowest BCUT2D eigenvalue weighted by atomic mass is 9.99. The van der Waals surface area contributed by atoms with E-state index in [1.165, 1.54) is 13.0 Å². The summed E-state index contributed by atoms with van der Waals surface area (Å²) in [5.41, 5.74) is 0.847. The second kappa shape index (κ2) is 5.72. The molecule has 20 heavy (non-hydrogen) atoms. The van der Waals surface area contributed by atoms with E-state index in [2.05, 4.69) is 18.7 Å². The first kappa shape index (κ1) is 15.3. The number of phenolic OH excluding ortho intramolecular Hbond substituents is 1. The maximum atomic E-state index is 11.5. The van der Waals surface area contributed by atoms with Crippen LogP contribution in [-0.4, -0.2) is 41.1 Å². The van der Waals surface area contributed by atoms with E-state index >= 15 is 0 Å². The first-order chi connectivity index (χ1) is 9.31. The molecule has 0 spiro atoms. The molecule has 0 aromatic heterocycles. The quantitative estimate of drug-likeness (QED) is 0.872. The number of aromatic hydroxyl groups is 1. The first-order valence-electron chi connectivity index (χ1n) is 6.66. The van der Waals surface area contributed by atoms with Gasteiger partial charge in [0.2, 0.25) is 0 Å². The second-order valence-electron chi connectivity index (χ2n) is 5.80. The molecule has 0 unspecified atom stereocenters. The average molecular weight is 298 g/mol. The van der Waals surface area contributed by atoms with E-state index in [9.17, 15) is 9.90 Å². The molecule has 0 atom stereocenters. The molecule has 0 bridgehead atoms. The SMILES string of the molecule is CC(=O)c1cc(Cl)cc(CN2CCOCC2(C)C)c1O. The second-order valence-corrected chi connectivity index (χ2v) is 6.24. The Kier molecular flexibility index (Phi) is 4.37. The van der Waals surface area contributed by atoms with Crippen LogP contribution >= 0.6 is 11.6 Å². The van der Waals surface area contributed by atoms with Crippen LogP contribution in [0.4, 0.5) is 0 Å². The minimum Gasteiger partial charge on any atom is -0.507 e. The lowest BCUT2D eigenvalue weighted by Crippen LogP contribution is -2.52. The molecule has 1 aliphatic rings. The third-order valence-corrected chi connectivity index (χ3v) is 3.93. The number of hydrogen-bond donors (Lipinski definition) is 1. The van der Waals surface area contributed by atoms with E-state index < -0.39 is 0 Å². The molecule has 0 amide bonds. The summed E-state index contributed by atoms with van der Waals surface area (Å²) in [5, 5.41) is 10.7. The molecule has 0 aliphatic carbocycles. The van der Waals surface area contributed by atoms with Gasteiger partial charge in [0.1, 0.15) is 5.75 Å². The highest BCUT2D eigenvalue weighted by atomic mass is 35.5. The predicted molar refractivity (Wildman–Crippen MR) is 78.4 cm³/mol. The van der Waals surface area contributed by atoms with Crippen molar-refractivity contribution >= 4 is 17.4 Å². The Morgan fingerprint density at radius 2 is 2.20 bits per heavy atom. The summed E-state index contributed by atoms with van der Waals surface area (Å²) in [4.78, 5) is 13.8. The number of ketones is 1. The number of hydrogen-bond acceptors (Lipinski definition) is 4. The van der Waals surface area contributed by atoms with Gasteiger partial charge in [-0.1, -0.05) is 11.6 Å². The van der Waals surface area contributed by atoms with E-state index in [0.29, 0.717) is 30.3 Å². The number of nitrogens with zero attached hydrogens (tertiary/aromatic N) is 1. The Bertz CT molecular complexity index is 528. The summed E-state index contributed by atoms with van der Waals surface area (Å²) in [7, 11) is 0. The summed E-state index contributed by atoms with van der Waals surface area (Å²) in [6.07, 6.45) is 0. The van der Waals surface area contributed by atoms with Gasteiger partial charge in [0.25, 0.3) is 0 Å². The number of morpholine rings is 1. The molecule has 1 N–H and O–H groups in total. The predicted octanol–water partition coefficient (Wildman–Crippen LogP) is 2.86. The number of ether oxygens (including phenoxy) is 1. The van der Waals surface area contributed by atoms with Crippen molar-refractivity contribution < 1.29 is 14.6 Å². The third kappa shape index (κ3) is 3.14. The fraction of sp³-hybridized carbons (Fsp3) is 0.533. The van der Waals surface area contributed by atoms with Crippen LogP contribution in [0.3, 0.4) is 0 Å². The van der Waals surface area contributed by atoms with E-state index in [-0.39, 0.29) is 22.6 Å². The van der Waals surface area contributed by atoms with Gasteiger partial charge < -0.3 is 9.84 Å². The van der Waals surface area contributed by atoms with Crippen molar-refractivity contribution in [3.05, 3.63) is 28.3 Å². The Balaban J connectivity index is 2.31. The normalized spacial score (nSPS) is 19.0. The monoisotopic (exact) mass is 297 g/mol. The topological polar surface area (TPSA) is 49.8 Å². The molecule has 4 nitrogen and oxygen atoms in total. The van der Waals surface area contributed by atoms with Gasteiger partial charge in [0.15, 0.2) is 5.78 Å². The highest BCUT2D eigenvalue weighted by Crippen LogP contribution is 2.31. The number of halogens is 1. The van der Waals surface area contributed by atoms with Crippen LogP contribution in [0.1, 0.15) is 36.7 Å². The van der Waals surface area contributed by atoms with Crippen molar-refractivity contribution in [3.8, 4) is 5.75 Å². The van der Waals surface area contributed by atoms with Crippen molar-refractivity contribution in [1.29, 1.82) is 0 Å². The van der Waals surface area contributed by atoms with Gasteiger partial charge in [-0.2, -0.15) is 0 Å². The molecule has 1 aromatic carbocycles. The number of benzene rings is 1. The van der Waals surface area contributed by atoms with Gasteiger partial charge in [-0.15, -0.1) is 0 Å². The number of carbonyl (C=O) groups excluding carboxylic acids is 1. The van der Waals surface area contributed by atoms with E-state index in [1.807, 2.05) is 0 Å². The lowest BCUT2D eigenvalue weighted by molar-refractivity contribution is -0.0555. The Hall–Kier alpha value is -1.10. The number of Topliss-reactive ketones (excluding diaryl/α,β-unsaturated/α-hetero) is 1. The van der Waals surface area contributed by atoms with Crippen LogP contribution in [0.15, 0.2) is 12.1 Å². The Morgan fingerprint density at radius 1 is 1.50 bits per heavy atom. The van der Waals surface area contributed by atoms with Gasteiger partial charge in [0.05, 0.1) is 18.8 Å². The summed E-state index contributed by atoms with van der Waals surface area (Å²) >= 11 is 6.05. The molecule has 0 saturated carbocycles. The van der Waals surface area contributed by atoms with Crippen LogP contribution < -0.4 is 0 Å². The first-order valence-corrected chi connectivity index (χ1v) is 7.04. The van der Waals surface area contributed by atoms with Crippen LogP contribution in [0.2, 0.25) is 5.02 Å². The van der Waals surface area contributed by atoms with Crippen molar-refractivity contribution in [2.24, 2.45) is 0 Å². The van der Waals surface area contributed by atoms with Gasteiger partial charge in [-0.25, -0.2) is 0 Å². The molecule has 1 aliphatic heterocycles. The standard InChI is InChI=1S/C15H20ClNO3/c1-10(18)13-7-12(16)6-11(14(13)19)8-17-4-5-20-9-15(17,2)3/h6-7,19H,4-5,8-9H2,1-3H3. The van der Waals surface area contributed by atoms with Crippen molar-refractivity contribution in [1.82, 2.24) is 4.90 Å². The van der Waals surface area contributed by atoms with Gasteiger partial charge in [-0.05, 0) is 32.9 Å². The number of carbonyl (C=O) groups is 1. The van der Waals surface area contributed by atoms with Crippen LogP contribution in [0, 0.1) is 0 Å². The highest BCUT2D eigenvalue weighted by Gasteiger charge is 2.31. The smallest absolute Gasteiger partial charge is 0.163 e. The Labute approximate surface area is 124 Å². The third-order valence-electron chi connectivity index (χ3n) is 3.71. The van der Waals surface area contributed by atoms with Crippen LogP contribution in [0.25, 0.3) is 0 Å². The number of rotatable bonds is 3. The summed E-state index contributed by atoms with van der Waals surface area (Å²) < 4.78 is 5.48. The molecule has 2 rings (SSSR count). The number of phenols is 1.